The quantitative estimate of drug-likeness (QED) is 0.286. The SMILES string of the molecule is CCN(C)CCCCCOc1ccccc1.c1ccc(OCCCCCN2CCCC2)cc1. The Morgan fingerprint density at radius 2 is 1.21 bits per heavy atom. The highest BCUT2D eigenvalue weighted by Gasteiger charge is 2.09. The van der Waals surface area contributed by atoms with Crippen LogP contribution < -0.4 is 9.47 Å². The highest BCUT2D eigenvalue weighted by Crippen LogP contribution is 2.11. The van der Waals surface area contributed by atoms with Crippen LogP contribution in [-0.2, 0) is 0 Å². The summed E-state index contributed by atoms with van der Waals surface area (Å²) in [6, 6.07) is 20.1. The van der Waals surface area contributed by atoms with E-state index in [0.29, 0.717) is 0 Å². The van der Waals surface area contributed by atoms with E-state index in [0.717, 1.165) is 37.7 Å². The summed E-state index contributed by atoms with van der Waals surface area (Å²) in [5.41, 5.74) is 0. The molecule has 1 aliphatic rings. The molecule has 4 nitrogen and oxygen atoms in total. The summed E-state index contributed by atoms with van der Waals surface area (Å²) in [5, 5.41) is 0. The van der Waals surface area contributed by atoms with Crippen molar-refractivity contribution in [3.05, 3.63) is 60.7 Å². The number of para-hydroxylation sites is 2. The number of hydrogen-bond acceptors (Lipinski definition) is 4. The molecular weight excluding hydrogens is 408 g/mol. The number of likely N-dealkylation sites (tertiary alicyclic amines) is 1. The Morgan fingerprint density at radius 1 is 0.697 bits per heavy atom. The van der Waals surface area contributed by atoms with Crippen LogP contribution in [0.15, 0.2) is 60.7 Å². The van der Waals surface area contributed by atoms with Gasteiger partial charge in [-0.25, -0.2) is 0 Å². The molecule has 0 spiro atoms. The molecule has 0 bridgehead atoms. The Labute approximate surface area is 202 Å². The fraction of sp³-hybridized carbons (Fsp3) is 0.586. The Morgan fingerprint density at radius 3 is 1.73 bits per heavy atom. The number of rotatable bonds is 15. The largest absolute Gasteiger partial charge is 0.494 e. The summed E-state index contributed by atoms with van der Waals surface area (Å²) in [5.74, 6) is 1.97. The van der Waals surface area contributed by atoms with Gasteiger partial charge in [-0.05, 0) is 115 Å². The van der Waals surface area contributed by atoms with E-state index in [2.05, 4.69) is 23.8 Å². The molecule has 0 unspecified atom stereocenters. The molecule has 0 radical (unpaired) electrons. The van der Waals surface area contributed by atoms with E-state index in [1.807, 2.05) is 60.7 Å². The molecular formula is C29H46N2O2. The van der Waals surface area contributed by atoms with Gasteiger partial charge in [-0.3, -0.25) is 0 Å². The molecule has 0 aromatic heterocycles. The van der Waals surface area contributed by atoms with Crippen molar-refractivity contribution in [2.75, 3.05) is 53.0 Å². The smallest absolute Gasteiger partial charge is 0.119 e. The molecule has 0 atom stereocenters. The lowest BCUT2D eigenvalue weighted by molar-refractivity contribution is 0.290. The van der Waals surface area contributed by atoms with Crippen molar-refractivity contribution >= 4 is 0 Å². The van der Waals surface area contributed by atoms with Gasteiger partial charge in [-0.1, -0.05) is 43.3 Å². The molecule has 4 heteroatoms. The topological polar surface area (TPSA) is 24.9 Å². The highest BCUT2D eigenvalue weighted by atomic mass is 16.5. The first-order valence-corrected chi connectivity index (χ1v) is 13.0. The van der Waals surface area contributed by atoms with E-state index in [4.69, 9.17) is 9.47 Å². The Kier molecular flexibility index (Phi) is 15.2. The van der Waals surface area contributed by atoms with Crippen LogP contribution in [0.5, 0.6) is 11.5 Å². The maximum Gasteiger partial charge on any atom is 0.119 e. The molecule has 3 rings (SSSR count). The summed E-state index contributed by atoms with van der Waals surface area (Å²) in [7, 11) is 2.17. The molecule has 33 heavy (non-hydrogen) atoms. The van der Waals surface area contributed by atoms with Gasteiger partial charge in [0, 0.05) is 0 Å². The van der Waals surface area contributed by atoms with Crippen molar-refractivity contribution < 1.29 is 9.47 Å². The fourth-order valence-corrected chi connectivity index (χ4v) is 3.85. The van der Waals surface area contributed by atoms with E-state index < -0.39 is 0 Å². The predicted molar refractivity (Wildman–Crippen MR) is 140 cm³/mol. The van der Waals surface area contributed by atoms with E-state index in [1.165, 1.54) is 71.1 Å². The van der Waals surface area contributed by atoms with Crippen molar-refractivity contribution in [3.63, 3.8) is 0 Å². The van der Waals surface area contributed by atoms with Crippen LogP contribution in [0, 0.1) is 0 Å². The number of benzene rings is 2. The third-order valence-electron chi connectivity index (χ3n) is 6.07. The lowest BCUT2D eigenvalue weighted by Crippen LogP contribution is -2.20. The first-order valence-electron chi connectivity index (χ1n) is 13.0. The number of hydrogen-bond donors (Lipinski definition) is 0. The Bertz CT molecular complexity index is 675. The van der Waals surface area contributed by atoms with Gasteiger partial charge < -0.3 is 19.3 Å². The average molecular weight is 455 g/mol. The van der Waals surface area contributed by atoms with Crippen LogP contribution in [0.4, 0.5) is 0 Å². The maximum atomic E-state index is 5.66. The van der Waals surface area contributed by atoms with E-state index in [9.17, 15) is 0 Å². The summed E-state index contributed by atoms with van der Waals surface area (Å²) in [6.07, 6.45) is 10.2. The third kappa shape index (κ3) is 14.0. The fourth-order valence-electron chi connectivity index (χ4n) is 3.85. The summed E-state index contributed by atoms with van der Waals surface area (Å²) < 4.78 is 11.3. The van der Waals surface area contributed by atoms with E-state index in [1.54, 1.807) is 0 Å². The van der Waals surface area contributed by atoms with Crippen LogP contribution in [0.25, 0.3) is 0 Å². The first-order chi connectivity index (χ1) is 16.3. The maximum absolute atomic E-state index is 5.66. The predicted octanol–water partition coefficient (Wildman–Crippen LogP) is 6.52. The molecule has 1 saturated heterocycles. The van der Waals surface area contributed by atoms with Crippen molar-refractivity contribution in [2.24, 2.45) is 0 Å². The molecule has 1 heterocycles. The zero-order valence-corrected chi connectivity index (χ0v) is 21.1. The van der Waals surface area contributed by atoms with Crippen LogP contribution in [0.1, 0.15) is 58.3 Å². The van der Waals surface area contributed by atoms with Gasteiger partial charge in [0.15, 0.2) is 0 Å². The third-order valence-corrected chi connectivity index (χ3v) is 6.07. The van der Waals surface area contributed by atoms with Crippen molar-refractivity contribution in [3.8, 4) is 11.5 Å². The van der Waals surface area contributed by atoms with Crippen molar-refractivity contribution in [1.29, 1.82) is 0 Å². The van der Waals surface area contributed by atoms with Gasteiger partial charge in [-0.15, -0.1) is 0 Å². The Balaban J connectivity index is 0.000000234. The minimum Gasteiger partial charge on any atom is -0.494 e. The van der Waals surface area contributed by atoms with Crippen LogP contribution >= 0.6 is 0 Å². The van der Waals surface area contributed by atoms with Gasteiger partial charge in [0.05, 0.1) is 13.2 Å². The zero-order valence-electron chi connectivity index (χ0n) is 21.1. The molecule has 184 valence electrons. The first kappa shape index (κ1) is 27.2. The normalized spacial score (nSPS) is 13.5. The van der Waals surface area contributed by atoms with Gasteiger partial charge >= 0.3 is 0 Å². The molecule has 0 saturated carbocycles. The molecule has 0 N–H and O–H groups in total. The van der Waals surface area contributed by atoms with Gasteiger partial charge in [0.25, 0.3) is 0 Å². The zero-order chi connectivity index (χ0) is 23.4. The Hall–Kier alpha value is -2.04. The monoisotopic (exact) mass is 454 g/mol. The summed E-state index contributed by atoms with van der Waals surface area (Å²) in [4.78, 5) is 4.93. The van der Waals surface area contributed by atoms with Crippen LogP contribution in [0.3, 0.4) is 0 Å². The molecule has 0 amide bonds. The van der Waals surface area contributed by atoms with E-state index in [-0.39, 0.29) is 0 Å². The molecule has 2 aromatic rings. The minimum atomic E-state index is 0.833. The second-order valence-electron chi connectivity index (χ2n) is 8.89. The van der Waals surface area contributed by atoms with Gasteiger partial charge in [0.1, 0.15) is 11.5 Å². The lowest BCUT2D eigenvalue weighted by atomic mass is 10.2. The summed E-state index contributed by atoms with van der Waals surface area (Å²) in [6.45, 7) is 10.1. The standard InChI is InChI=1S/C15H23NO.C14H23NO/c1-3-9-15(10-4-1)17-14-8-2-5-11-16-12-6-7-13-16;1-3-15(2)12-8-5-9-13-16-14-10-6-4-7-11-14/h1,3-4,9-10H,2,5-8,11-14H2;4,6-7,10-11H,3,5,8-9,12-13H2,1-2H3. The molecule has 1 fully saturated rings. The van der Waals surface area contributed by atoms with Gasteiger partial charge in [-0.2, -0.15) is 0 Å². The van der Waals surface area contributed by atoms with Crippen molar-refractivity contribution in [2.45, 2.75) is 58.3 Å². The number of nitrogens with zero attached hydrogens (tertiary/aromatic N) is 2. The second kappa shape index (κ2) is 18.4. The van der Waals surface area contributed by atoms with Crippen molar-refractivity contribution in [1.82, 2.24) is 9.80 Å². The molecule has 0 aliphatic carbocycles. The van der Waals surface area contributed by atoms with Gasteiger partial charge in [0.2, 0.25) is 0 Å². The lowest BCUT2D eigenvalue weighted by Gasteiger charge is -2.13. The summed E-state index contributed by atoms with van der Waals surface area (Å²) >= 11 is 0. The molecule has 1 aliphatic heterocycles. The average Bonchev–Trinajstić information content (AvgIpc) is 3.38. The van der Waals surface area contributed by atoms with E-state index >= 15 is 0 Å². The van der Waals surface area contributed by atoms with Crippen LogP contribution in [0.2, 0.25) is 0 Å². The van der Waals surface area contributed by atoms with Crippen LogP contribution in [-0.4, -0.2) is 62.8 Å². The number of unbranched alkanes of at least 4 members (excludes halogenated alkanes) is 4. The molecule has 2 aromatic carbocycles. The second-order valence-corrected chi connectivity index (χ2v) is 8.89. The highest BCUT2D eigenvalue weighted by molar-refractivity contribution is 5.21. The minimum absolute atomic E-state index is 0.833. The number of ether oxygens (including phenoxy) is 2.